The molecule has 0 unspecified atom stereocenters. The zero-order valence-corrected chi connectivity index (χ0v) is 20.6. The first-order valence-electron chi connectivity index (χ1n) is 11.5. The molecule has 0 saturated heterocycles. The SMILES string of the molecule is CC(C)(C)OC(=O)C(C)(C)Oc1ccc(CCCc2[nH]c(=O)n(Cc3ccccc3)c2O)cc1. The molecule has 0 atom stereocenters. The number of carbonyl (C=O) groups excluding carboxylic acids is 1. The predicted molar refractivity (Wildman–Crippen MR) is 131 cm³/mol. The molecular weight excluding hydrogens is 432 g/mol. The van der Waals surface area contributed by atoms with Gasteiger partial charge in [-0.25, -0.2) is 9.59 Å². The first-order chi connectivity index (χ1) is 15.9. The Balaban J connectivity index is 1.55. The minimum Gasteiger partial charge on any atom is -0.493 e. The maximum absolute atomic E-state index is 12.4. The summed E-state index contributed by atoms with van der Waals surface area (Å²) < 4.78 is 12.7. The van der Waals surface area contributed by atoms with Crippen molar-refractivity contribution in [2.75, 3.05) is 0 Å². The summed E-state index contributed by atoms with van der Waals surface area (Å²) in [5.41, 5.74) is 0.578. The Bertz CT molecular complexity index is 1150. The molecule has 0 aliphatic heterocycles. The van der Waals surface area contributed by atoms with E-state index in [1.54, 1.807) is 13.8 Å². The molecule has 0 saturated carbocycles. The van der Waals surface area contributed by atoms with Crippen LogP contribution in [0.3, 0.4) is 0 Å². The van der Waals surface area contributed by atoms with E-state index in [0.717, 1.165) is 24.0 Å². The highest BCUT2D eigenvalue weighted by atomic mass is 16.6. The lowest BCUT2D eigenvalue weighted by atomic mass is 10.1. The number of esters is 1. The molecule has 0 aliphatic carbocycles. The fourth-order valence-electron chi connectivity index (χ4n) is 3.53. The summed E-state index contributed by atoms with van der Waals surface area (Å²) in [6.45, 7) is 9.16. The van der Waals surface area contributed by atoms with Gasteiger partial charge in [0.25, 0.3) is 0 Å². The van der Waals surface area contributed by atoms with Gasteiger partial charge < -0.3 is 19.6 Å². The van der Waals surface area contributed by atoms with Gasteiger partial charge in [-0.3, -0.25) is 4.57 Å². The molecule has 2 aromatic carbocycles. The number of aromatic amines is 1. The number of ether oxygens (including phenoxy) is 2. The van der Waals surface area contributed by atoms with Gasteiger partial charge in [0.15, 0.2) is 5.60 Å². The second kappa shape index (κ2) is 10.2. The highest BCUT2D eigenvalue weighted by Gasteiger charge is 2.34. The Hall–Kier alpha value is -3.48. The Morgan fingerprint density at radius 2 is 1.59 bits per heavy atom. The predicted octanol–water partition coefficient (Wildman–Crippen LogP) is 4.60. The summed E-state index contributed by atoms with van der Waals surface area (Å²) >= 11 is 0. The van der Waals surface area contributed by atoms with E-state index in [1.807, 2.05) is 75.4 Å². The molecule has 3 aromatic rings. The van der Waals surface area contributed by atoms with Crippen LogP contribution in [0.1, 0.15) is 57.9 Å². The Labute approximate surface area is 200 Å². The third-order valence-electron chi connectivity index (χ3n) is 5.29. The number of aromatic nitrogens is 2. The molecule has 2 N–H and O–H groups in total. The smallest absolute Gasteiger partial charge is 0.350 e. The topological polar surface area (TPSA) is 93.5 Å². The van der Waals surface area contributed by atoms with Crippen molar-refractivity contribution in [3.63, 3.8) is 0 Å². The first-order valence-corrected chi connectivity index (χ1v) is 11.5. The van der Waals surface area contributed by atoms with Gasteiger partial charge in [0.2, 0.25) is 5.88 Å². The number of aryl methyl sites for hydroxylation is 2. The summed E-state index contributed by atoms with van der Waals surface area (Å²) in [6, 6.07) is 17.1. The number of aromatic hydroxyl groups is 1. The largest absolute Gasteiger partial charge is 0.493 e. The van der Waals surface area contributed by atoms with Crippen molar-refractivity contribution in [2.24, 2.45) is 0 Å². The zero-order valence-electron chi connectivity index (χ0n) is 20.6. The van der Waals surface area contributed by atoms with E-state index in [9.17, 15) is 14.7 Å². The van der Waals surface area contributed by atoms with Crippen molar-refractivity contribution in [3.05, 3.63) is 81.9 Å². The number of hydrogen-bond acceptors (Lipinski definition) is 5. The molecule has 7 nitrogen and oxygen atoms in total. The average molecular weight is 467 g/mol. The number of carbonyl (C=O) groups is 1. The van der Waals surface area contributed by atoms with Crippen LogP contribution in [-0.4, -0.2) is 31.8 Å². The maximum atomic E-state index is 12.4. The van der Waals surface area contributed by atoms with Gasteiger partial charge in [0, 0.05) is 0 Å². The third-order valence-corrected chi connectivity index (χ3v) is 5.29. The van der Waals surface area contributed by atoms with E-state index < -0.39 is 17.2 Å². The van der Waals surface area contributed by atoms with Crippen molar-refractivity contribution in [3.8, 4) is 11.6 Å². The molecule has 0 bridgehead atoms. The van der Waals surface area contributed by atoms with E-state index >= 15 is 0 Å². The maximum Gasteiger partial charge on any atom is 0.350 e. The van der Waals surface area contributed by atoms with Gasteiger partial charge in [0.1, 0.15) is 11.4 Å². The van der Waals surface area contributed by atoms with Gasteiger partial charge in [-0.2, -0.15) is 0 Å². The Morgan fingerprint density at radius 1 is 0.941 bits per heavy atom. The average Bonchev–Trinajstić information content (AvgIpc) is 3.02. The number of nitrogens with zero attached hydrogens (tertiary/aromatic N) is 1. The molecule has 0 aliphatic rings. The quantitative estimate of drug-likeness (QED) is 0.450. The van der Waals surface area contributed by atoms with Gasteiger partial charge >= 0.3 is 11.7 Å². The minimum absolute atomic E-state index is 0.0121. The van der Waals surface area contributed by atoms with Crippen LogP contribution in [0.5, 0.6) is 11.6 Å². The number of imidazole rings is 1. The van der Waals surface area contributed by atoms with Crippen LogP contribution >= 0.6 is 0 Å². The molecule has 7 heteroatoms. The molecule has 182 valence electrons. The van der Waals surface area contributed by atoms with Crippen molar-refractivity contribution in [1.29, 1.82) is 0 Å². The lowest BCUT2D eigenvalue weighted by molar-refractivity contribution is -0.170. The van der Waals surface area contributed by atoms with Crippen molar-refractivity contribution < 1.29 is 19.4 Å². The van der Waals surface area contributed by atoms with E-state index in [2.05, 4.69) is 4.98 Å². The molecule has 0 fully saturated rings. The zero-order chi connectivity index (χ0) is 24.9. The van der Waals surface area contributed by atoms with Crippen LogP contribution in [0, 0.1) is 0 Å². The van der Waals surface area contributed by atoms with Crippen LogP contribution in [0.15, 0.2) is 59.4 Å². The summed E-state index contributed by atoms with van der Waals surface area (Å²) in [5.74, 6) is 0.152. The molecule has 3 rings (SSSR count). The van der Waals surface area contributed by atoms with Crippen LogP contribution in [0.2, 0.25) is 0 Å². The number of H-pyrrole nitrogens is 1. The summed E-state index contributed by atoms with van der Waals surface area (Å²) in [7, 11) is 0. The highest BCUT2D eigenvalue weighted by molar-refractivity contribution is 5.79. The summed E-state index contributed by atoms with van der Waals surface area (Å²) in [6.07, 6.45) is 2.07. The standard InChI is InChI=1S/C27H34N2O5/c1-26(2,3)34-24(31)27(4,5)33-21-16-14-19(15-17-21)12-9-13-22-23(30)29(25(32)28-22)18-20-10-7-6-8-11-20/h6-8,10-11,14-17,30H,9,12-13,18H2,1-5H3,(H,28,32). The molecule has 0 spiro atoms. The van der Waals surface area contributed by atoms with E-state index in [-0.39, 0.29) is 11.6 Å². The molecule has 1 aromatic heterocycles. The monoisotopic (exact) mass is 466 g/mol. The van der Waals surface area contributed by atoms with Gasteiger partial charge in [-0.15, -0.1) is 0 Å². The highest BCUT2D eigenvalue weighted by Crippen LogP contribution is 2.23. The van der Waals surface area contributed by atoms with Crippen LogP contribution in [0.4, 0.5) is 0 Å². The molecule has 0 amide bonds. The Kier molecular flexibility index (Phi) is 7.54. The van der Waals surface area contributed by atoms with Crippen molar-refractivity contribution in [1.82, 2.24) is 9.55 Å². The lowest BCUT2D eigenvalue weighted by Gasteiger charge is -2.29. The number of rotatable bonds is 9. The lowest BCUT2D eigenvalue weighted by Crippen LogP contribution is -2.43. The van der Waals surface area contributed by atoms with E-state index in [1.165, 1.54) is 4.57 Å². The summed E-state index contributed by atoms with van der Waals surface area (Å²) in [5, 5.41) is 10.5. The third kappa shape index (κ3) is 6.76. The fraction of sp³-hybridized carbons (Fsp3) is 0.407. The second-order valence-electron chi connectivity index (χ2n) is 9.92. The second-order valence-corrected chi connectivity index (χ2v) is 9.92. The summed E-state index contributed by atoms with van der Waals surface area (Å²) in [4.78, 5) is 27.4. The number of hydrogen-bond donors (Lipinski definition) is 2. The van der Waals surface area contributed by atoms with Gasteiger partial charge in [-0.1, -0.05) is 42.5 Å². The molecule has 0 radical (unpaired) electrons. The fourth-order valence-corrected chi connectivity index (χ4v) is 3.53. The van der Waals surface area contributed by atoms with Crippen molar-refractivity contribution in [2.45, 2.75) is 71.6 Å². The van der Waals surface area contributed by atoms with Crippen LogP contribution in [0.25, 0.3) is 0 Å². The van der Waals surface area contributed by atoms with E-state index in [0.29, 0.717) is 24.4 Å². The normalized spacial score (nSPS) is 11.9. The van der Waals surface area contributed by atoms with Gasteiger partial charge in [0.05, 0.1) is 12.2 Å². The van der Waals surface area contributed by atoms with Crippen LogP contribution in [-0.2, 0) is 28.9 Å². The van der Waals surface area contributed by atoms with Crippen LogP contribution < -0.4 is 10.4 Å². The van der Waals surface area contributed by atoms with E-state index in [4.69, 9.17) is 9.47 Å². The first kappa shape index (κ1) is 25.1. The Morgan fingerprint density at radius 3 is 2.21 bits per heavy atom. The molecular formula is C27H34N2O5. The van der Waals surface area contributed by atoms with Crippen molar-refractivity contribution >= 4 is 5.97 Å². The minimum atomic E-state index is -1.11. The molecule has 34 heavy (non-hydrogen) atoms. The molecule has 1 heterocycles. The number of benzene rings is 2. The number of nitrogens with one attached hydrogen (secondary N) is 1. The van der Waals surface area contributed by atoms with Gasteiger partial charge in [-0.05, 0) is 77.1 Å².